The zero-order valence-electron chi connectivity index (χ0n) is 13.1. The van der Waals surface area contributed by atoms with Crippen LogP contribution in [-0.2, 0) is 0 Å². The molecule has 122 valence electrons. The third-order valence-corrected chi connectivity index (χ3v) is 3.47. The van der Waals surface area contributed by atoms with Crippen LogP contribution in [-0.4, -0.2) is 19.6 Å². The molecule has 0 spiro atoms. The zero-order chi connectivity index (χ0) is 17.0. The van der Waals surface area contributed by atoms with Crippen molar-refractivity contribution in [2.45, 2.75) is 13.8 Å². The van der Waals surface area contributed by atoms with E-state index in [1.54, 1.807) is 19.1 Å². The number of benzene rings is 2. The molecule has 2 aromatic rings. The van der Waals surface area contributed by atoms with Gasteiger partial charge in [0.05, 0.1) is 18.7 Å². The predicted molar refractivity (Wildman–Crippen MR) is 88.3 cm³/mol. The fourth-order valence-corrected chi connectivity index (χ4v) is 2.37. The lowest BCUT2D eigenvalue weighted by Gasteiger charge is -2.13. The topological polar surface area (TPSA) is 47.6 Å². The van der Waals surface area contributed by atoms with Crippen molar-refractivity contribution in [3.63, 3.8) is 0 Å². The molecule has 1 amide bonds. The number of halogens is 2. The smallest absolute Gasteiger partial charge is 0.255 e. The van der Waals surface area contributed by atoms with E-state index in [-0.39, 0.29) is 16.7 Å². The highest BCUT2D eigenvalue weighted by molar-refractivity contribution is 6.32. The van der Waals surface area contributed by atoms with Crippen molar-refractivity contribution in [1.82, 2.24) is 0 Å². The van der Waals surface area contributed by atoms with E-state index < -0.39 is 0 Å². The third kappa shape index (κ3) is 3.93. The second-order valence-electron chi connectivity index (χ2n) is 4.84. The van der Waals surface area contributed by atoms with Crippen LogP contribution in [0.5, 0.6) is 11.5 Å². The van der Waals surface area contributed by atoms with Crippen molar-refractivity contribution in [3.8, 4) is 11.5 Å². The highest BCUT2D eigenvalue weighted by atomic mass is 35.5. The first kappa shape index (κ1) is 17.1. The van der Waals surface area contributed by atoms with Crippen molar-refractivity contribution >= 4 is 23.2 Å². The van der Waals surface area contributed by atoms with Gasteiger partial charge in [0.1, 0.15) is 5.82 Å². The Hall–Kier alpha value is -2.27. The van der Waals surface area contributed by atoms with Crippen LogP contribution in [0.1, 0.15) is 22.8 Å². The Kier molecular flexibility index (Phi) is 5.45. The van der Waals surface area contributed by atoms with Gasteiger partial charge < -0.3 is 14.8 Å². The second kappa shape index (κ2) is 7.33. The minimum atomic E-state index is -0.374. The normalized spacial score (nSPS) is 10.3. The summed E-state index contributed by atoms with van der Waals surface area (Å²) in [5.74, 6) is 0.0706. The number of anilines is 1. The summed E-state index contributed by atoms with van der Waals surface area (Å²) in [6, 6.07) is 7.41. The van der Waals surface area contributed by atoms with Gasteiger partial charge in [-0.1, -0.05) is 11.6 Å². The highest BCUT2D eigenvalue weighted by Gasteiger charge is 2.16. The number of hydrogen-bond acceptors (Lipinski definition) is 3. The molecule has 0 saturated heterocycles. The van der Waals surface area contributed by atoms with Crippen LogP contribution >= 0.6 is 11.6 Å². The molecule has 6 heteroatoms. The molecule has 0 unspecified atom stereocenters. The minimum Gasteiger partial charge on any atom is -0.491 e. The number of amides is 1. The van der Waals surface area contributed by atoms with Gasteiger partial charge in [0.15, 0.2) is 11.5 Å². The molecule has 2 rings (SSSR count). The SMILES string of the molecule is CCOc1cc(C(=O)Nc2ccc(F)c(C)c2)cc(Cl)c1OC. The fourth-order valence-electron chi connectivity index (χ4n) is 2.09. The van der Waals surface area contributed by atoms with Gasteiger partial charge >= 0.3 is 0 Å². The molecule has 0 saturated carbocycles. The van der Waals surface area contributed by atoms with Gasteiger partial charge in [-0.15, -0.1) is 0 Å². The molecule has 0 aliphatic rings. The summed E-state index contributed by atoms with van der Waals surface area (Å²) in [5, 5.41) is 2.98. The zero-order valence-corrected chi connectivity index (χ0v) is 13.8. The lowest BCUT2D eigenvalue weighted by molar-refractivity contribution is 0.102. The molecule has 0 aliphatic carbocycles. The van der Waals surface area contributed by atoms with Gasteiger partial charge in [0.2, 0.25) is 0 Å². The number of carbonyl (C=O) groups is 1. The van der Waals surface area contributed by atoms with Crippen LogP contribution in [0.15, 0.2) is 30.3 Å². The quantitative estimate of drug-likeness (QED) is 0.877. The Morgan fingerprint density at radius 3 is 2.65 bits per heavy atom. The predicted octanol–water partition coefficient (Wildman–Crippen LogP) is 4.45. The van der Waals surface area contributed by atoms with Gasteiger partial charge in [-0.25, -0.2) is 4.39 Å². The van der Waals surface area contributed by atoms with E-state index in [1.807, 2.05) is 6.92 Å². The first-order valence-corrected chi connectivity index (χ1v) is 7.42. The minimum absolute atomic E-state index is 0.277. The van der Waals surface area contributed by atoms with Gasteiger partial charge in [-0.3, -0.25) is 4.79 Å². The Morgan fingerprint density at radius 1 is 1.30 bits per heavy atom. The van der Waals surface area contributed by atoms with Crippen molar-refractivity contribution < 1.29 is 18.7 Å². The van der Waals surface area contributed by atoms with Crippen molar-refractivity contribution in [2.75, 3.05) is 19.0 Å². The van der Waals surface area contributed by atoms with E-state index in [0.29, 0.717) is 34.9 Å². The monoisotopic (exact) mass is 337 g/mol. The maximum atomic E-state index is 13.3. The summed E-state index contributed by atoms with van der Waals surface area (Å²) in [4.78, 5) is 12.4. The molecule has 0 aliphatic heterocycles. The standard InChI is InChI=1S/C17H17ClFNO3/c1-4-23-15-9-11(8-13(18)16(15)22-3)17(21)20-12-5-6-14(19)10(2)7-12/h5-9H,4H2,1-3H3,(H,20,21). The molecular weight excluding hydrogens is 321 g/mol. The number of carbonyl (C=O) groups excluding carboxylic acids is 1. The van der Waals surface area contributed by atoms with Crippen LogP contribution in [0.4, 0.5) is 10.1 Å². The molecule has 23 heavy (non-hydrogen) atoms. The summed E-state index contributed by atoms with van der Waals surface area (Å²) >= 11 is 6.13. The first-order chi connectivity index (χ1) is 11.0. The van der Waals surface area contributed by atoms with E-state index in [2.05, 4.69) is 5.32 Å². The van der Waals surface area contributed by atoms with Crippen LogP contribution in [0, 0.1) is 12.7 Å². The molecule has 1 N–H and O–H groups in total. The average Bonchev–Trinajstić information content (AvgIpc) is 2.51. The van der Waals surface area contributed by atoms with Crippen LogP contribution < -0.4 is 14.8 Å². The Balaban J connectivity index is 2.29. The van der Waals surface area contributed by atoms with E-state index >= 15 is 0 Å². The molecular formula is C17H17ClFNO3. The van der Waals surface area contributed by atoms with Crippen LogP contribution in [0.25, 0.3) is 0 Å². The van der Waals surface area contributed by atoms with Gasteiger partial charge in [-0.05, 0) is 49.7 Å². The van der Waals surface area contributed by atoms with Gasteiger partial charge in [0, 0.05) is 11.3 Å². The largest absolute Gasteiger partial charge is 0.491 e. The number of nitrogens with one attached hydrogen (secondary N) is 1. The van der Waals surface area contributed by atoms with E-state index in [0.717, 1.165) is 0 Å². The molecule has 0 aromatic heterocycles. The Bertz CT molecular complexity index is 734. The summed E-state index contributed by atoms with van der Waals surface area (Å²) in [5.41, 5.74) is 1.27. The van der Waals surface area contributed by atoms with Gasteiger partial charge in [0.25, 0.3) is 5.91 Å². The summed E-state index contributed by atoms with van der Waals surface area (Å²) in [6.45, 7) is 3.86. The molecule has 0 bridgehead atoms. The van der Waals surface area contributed by atoms with E-state index in [9.17, 15) is 9.18 Å². The van der Waals surface area contributed by atoms with E-state index in [1.165, 1.54) is 25.3 Å². The summed E-state index contributed by atoms with van der Waals surface area (Å²) in [7, 11) is 1.48. The van der Waals surface area contributed by atoms with Crippen molar-refractivity contribution in [1.29, 1.82) is 0 Å². The van der Waals surface area contributed by atoms with Crippen molar-refractivity contribution in [3.05, 3.63) is 52.3 Å². The molecule has 0 fully saturated rings. The second-order valence-corrected chi connectivity index (χ2v) is 5.25. The third-order valence-electron chi connectivity index (χ3n) is 3.19. The molecule has 4 nitrogen and oxygen atoms in total. The maximum Gasteiger partial charge on any atom is 0.255 e. The molecule has 0 atom stereocenters. The molecule has 0 radical (unpaired) electrons. The summed E-state index contributed by atoms with van der Waals surface area (Å²) in [6.07, 6.45) is 0. The highest BCUT2D eigenvalue weighted by Crippen LogP contribution is 2.36. The molecule has 2 aromatic carbocycles. The lowest BCUT2D eigenvalue weighted by atomic mass is 10.1. The van der Waals surface area contributed by atoms with Crippen LogP contribution in [0.2, 0.25) is 5.02 Å². The van der Waals surface area contributed by atoms with Crippen LogP contribution in [0.3, 0.4) is 0 Å². The maximum absolute atomic E-state index is 13.3. The number of ether oxygens (including phenoxy) is 2. The Labute approximate surface area is 139 Å². The first-order valence-electron chi connectivity index (χ1n) is 7.04. The number of rotatable bonds is 5. The van der Waals surface area contributed by atoms with E-state index in [4.69, 9.17) is 21.1 Å². The lowest BCUT2D eigenvalue weighted by Crippen LogP contribution is -2.12. The van der Waals surface area contributed by atoms with Crippen molar-refractivity contribution in [2.24, 2.45) is 0 Å². The van der Waals surface area contributed by atoms with Gasteiger partial charge in [-0.2, -0.15) is 0 Å². The number of aryl methyl sites for hydroxylation is 1. The Morgan fingerprint density at radius 2 is 2.04 bits per heavy atom. The fraction of sp³-hybridized carbons (Fsp3) is 0.235. The summed E-state index contributed by atoms with van der Waals surface area (Å²) < 4.78 is 23.9. The number of methoxy groups -OCH3 is 1. The average molecular weight is 338 g/mol. The number of hydrogen-bond donors (Lipinski definition) is 1. The molecule has 0 heterocycles.